The highest BCUT2D eigenvalue weighted by atomic mass is 35.5. The molecule has 0 spiro atoms. The van der Waals surface area contributed by atoms with Gasteiger partial charge in [-0.1, -0.05) is 47.5 Å². The summed E-state index contributed by atoms with van der Waals surface area (Å²) in [7, 11) is 0. The molecule has 2 aromatic carbocycles. The fourth-order valence-electron chi connectivity index (χ4n) is 7.01. The van der Waals surface area contributed by atoms with Crippen LogP contribution in [0.1, 0.15) is 44.9 Å². The fourth-order valence-corrected chi connectivity index (χ4v) is 7.35. The summed E-state index contributed by atoms with van der Waals surface area (Å²) in [5.74, 6) is 5.10. The van der Waals surface area contributed by atoms with Crippen molar-refractivity contribution in [2.75, 3.05) is 5.32 Å². The molecule has 0 unspecified atom stereocenters. The number of benzene rings is 2. The van der Waals surface area contributed by atoms with Gasteiger partial charge in [-0.25, -0.2) is 9.67 Å². The van der Waals surface area contributed by atoms with Crippen molar-refractivity contribution >= 4 is 35.0 Å². The Hall–Kier alpha value is -2.50. The van der Waals surface area contributed by atoms with Crippen LogP contribution in [0.25, 0.3) is 16.9 Å². The third-order valence-electron chi connectivity index (χ3n) is 8.57. The Morgan fingerprint density at radius 1 is 0.889 bits per heavy atom. The average molecular weight is 521 g/mol. The lowest BCUT2D eigenvalue weighted by Crippen LogP contribution is -2.57. The van der Waals surface area contributed by atoms with Gasteiger partial charge in [-0.05, 0) is 92.9 Å². The fraction of sp³-hybridized carbons (Fsp3) is 0.448. The van der Waals surface area contributed by atoms with Crippen molar-refractivity contribution in [1.82, 2.24) is 15.1 Å². The first-order valence-corrected chi connectivity index (χ1v) is 14.1. The van der Waals surface area contributed by atoms with Crippen molar-refractivity contribution in [3.8, 4) is 16.9 Å². The molecule has 36 heavy (non-hydrogen) atoms. The molecule has 1 aromatic heterocycles. The maximum Gasteiger partial charge on any atom is 0.197 e. The number of hydrogen-bond donors (Lipinski definition) is 2. The number of rotatable bonds is 5. The van der Waals surface area contributed by atoms with Crippen LogP contribution in [-0.2, 0) is 0 Å². The number of hydrogen-bond acceptors (Lipinski definition) is 2. The number of anilines is 1. The first kappa shape index (κ1) is 22.7. The Balaban J connectivity index is 1.21. The molecule has 5 aliphatic rings. The van der Waals surface area contributed by atoms with Gasteiger partial charge < -0.3 is 10.6 Å². The van der Waals surface area contributed by atoms with E-state index in [0.717, 1.165) is 52.4 Å². The van der Waals surface area contributed by atoms with E-state index in [9.17, 15) is 0 Å². The topological polar surface area (TPSA) is 54.2 Å². The number of para-hydroxylation sites is 1. The van der Waals surface area contributed by atoms with Crippen LogP contribution in [0.3, 0.4) is 0 Å². The molecule has 8 rings (SSSR count). The highest BCUT2D eigenvalue weighted by Gasteiger charge is 2.48. The molecule has 4 bridgehead atoms. The van der Waals surface area contributed by atoms with E-state index < -0.39 is 0 Å². The number of guanidine groups is 1. The Bertz CT molecular complexity index is 1270. The van der Waals surface area contributed by atoms with E-state index in [1.54, 1.807) is 0 Å². The number of halogens is 2. The summed E-state index contributed by atoms with van der Waals surface area (Å²) in [4.78, 5) is 5.05. The maximum atomic E-state index is 6.60. The molecule has 3 aromatic rings. The van der Waals surface area contributed by atoms with Gasteiger partial charge in [-0.15, -0.1) is 5.10 Å². The van der Waals surface area contributed by atoms with Gasteiger partial charge in [-0.3, -0.25) is 0 Å². The summed E-state index contributed by atoms with van der Waals surface area (Å²) >= 11 is 12.8. The second-order valence-corrected chi connectivity index (χ2v) is 12.1. The number of nitrogens with one attached hydrogen (secondary N) is 2. The summed E-state index contributed by atoms with van der Waals surface area (Å²) in [6, 6.07) is 18.7. The van der Waals surface area contributed by atoms with Gasteiger partial charge in [0.15, 0.2) is 11.8 Å². The van der Waals surface area contributed by atoms with Crippen molar-refractivity contribution in [3.05, 3.63) is 64.6 Å². The molecule has 5 aliphatic carbocycles. The second kappa shape index (κ2) is 9.11. The summed E-state index contributed by atoms with van der Waals surface area (Å²) in [5, 5.41) is 13.8. The molecule has 0 radical (unpaired) electrons. The van der Waals surface area contributed by atoms with Crippen LogP contribution in [0.4, 0.5) is 5.82 Å². The first-order valence-electron chi connectivity index (χ1n) is 13.3. The lowest BCUT2D eigenvalue weighted by molar-refractivity contribution is -0.00690. The standard InChI is InChI=1S/C29H31Cl2N5/c30-22-7-5-19(6-8-22)26-16-27(35-36(26)25-4-2-1-3-24(25)31)33-29(32-23-9-10-23)34-28-20-12-17-11-18(14-20)15-21(28)13-17/h1-8,16-18,20-21,23,28H,9-15H2,(H2,32,33,34,35)/t17-,18-,20-,21+,28?. The second-order valence-electron chi connectivity index (χ2n) is 11.2. The zero-order chi connectivity index (χ0) is 24.2. The maximum absolute atomic E-state index is 6.60. The minimum Gasteiger partial charge on any atom is -0.353 e. The highest BCUT2D eigenvalue weighted by Crippen LogP contribution is 2.53. The van der Waals surface area contributed by atoms with Gasteiger partial charge in [0.25, 0.3) is 0 Å². The quantitative estimate of drug-likeness (QED) is 0.277. The van der Waals surface area contributed by atoms with E-state index in [1.165, 1.54) is 44.9 Å². The van der Waals surface area contributed by atoms with Crippen LogP contribution in [0, 0.1) is 23.7 Å². The predicted octanol–water partition coefficient (Wildman–Crippen LogP) is 7.19. The third kappa shape index (κ3) is 4.41. The number of nitrogens with zero attached hydrogens (tertiary/aromatic N) is 3. The van der Waals surface area contributed by atoms with Crippen molar-refractivity contribution in [3.63, 3.8) is 0 Å². The van der Waals surface area contributed by atoms with E-state index in [1.807, 2.05) is 53.2 Å². The molecule has 186 valence electrons. The zero-order valence-corrected chi connectivity index (χ0v) is 21.7. The van der Waals surface area contributed by atoms with E-state index in [2.05, 4.69) is 16.7 Å². The van der Waals surface area contributed by atoms with Gasteiger partial charge in [0.1, 0.15) is 0 Å². The lowest BCUT2D eigenvalue weighted by atomic mass is 9.54. The Kier molecular flexibility index (Phi) is 5.74. The van der Waals surface area contributed by atoms with Crippen LogP contribution < -0.4 is 10.6 Å². The molecular weight excluding hydrogens is 489 g/mol. The first-order chi connectivity index (χ1) is 17.6. The monoisotopic (exact) mass is 519 g/mol. The summed E-state index contributed by atoms with van der Waals surface area (Å²) in [6.07, 6.45) is 9.31. The molecular formula is C29H31Cl2N5. The van der Waals surface area contributed by atoms with Crippen molar-refractivity contribution in [2.24, 2.45) is 28.7 Å². The van der Waals surface area contributed by atoms with E-state index >= 15 is 0 Å². The smallest absolute Gasteiger partial charge is 0.197 e. The molecule has 0 atom stereocenters. The van der Waals surface area contributed by atoms with Crippen molar-refractivity contribution < 1.29 is 0 Å². The van der Waals surface area contributed by atoms with Gasteiger partial charge in [0, 0.05) is 22.7 Å². The average Bonchev–Trinajstić information content (AvgIpc) is 3.58. The summed E-state index contributed by atoms with van der Waals surface area (Å²) < 4.78 is 1.91. The Morgan fingerprint density at radius 2 is 1.58 bits per heavy atom. The SMILES string of the molecule is Clc1ccc(-c2cc(NC(=NC3CC3)NC3[C@H]4C[C@H]5C[C@H](C4)C[C@H]3C5)nn2-c2ccccc2Cl)cc1. The molecule has 1 heterocycles. The van der Waals surface area contributed by atoms with Crippen LogP contribution in [-0.4, -0.2) is 27.8 Å². The molecule has 0 aliphatic heterocycles. The van der Waals surface area contributed by atoms with Gasteiger partial charge in [0.2, 0.25) is 0 Å². The van der Waals surface area contributed by atoms with Gasteiger partial charge in [-0.2, -0.15) is 0 Å². The van der Waals surface area contributed by atoms with Crippen molar-refractivity contribution in [1.29, 1.82) is 0 Å². The van der Waals surface area contributed by atoms with E-state index in [-0.39, 0.29) is 0 Å². The summed E-state index contributed by atoms with van der Waals surface area (Å²) in [6.45, 7) is 0. The minimum absolute atomic E-state index is 0.415. The number of aliphatic imine (C=N–C) groups is 1. The highest BCUT2D eigenvalue weighted by molar-refractivity contribution is 6.32. The van der Waals surface area contributed by atoms with E-state index in [0.29, 0.717) is 22.1 Å². The van der Waals surface area contributed by atoms with Crippen LogP contribution >= 0.6 is 23.2 Å². The Labute approximate surface area is 222 Å². The third-order valence-corrected chi connectivity index (χ3v) is 9.14. The molecule has 5 saturated carbocycles. The summed E-state index contributed by atoms with van der Waals surface area (Å²) in [5.41, 5.74) is 2.81. The van der Waals surface area contributed by atoms with Crippen LogP contribution in [0.2, 0.25) is 10.0 Å². The predicted molar refractivity (Wildman–Crippen MR) is 147 cm³/mol. The lowest BCUT2D eigenvalue weighted by Gasteiger charge is -2.54. The molecule has 7 heteroatoms. The zero-order valence-electron chi connectivity index (χ0n) is 20.2. The number of aromatic nitrogens is 2. The van der Waals surface area contributed by atoms with Crippen molar-refractivity contribution in [2.45, 2.75) is 57.0 Å². The van der Waals surface area contributed by atoms with Crippen LogP contribution in [0.15, 0.2) is 59.6 Å². The molecule has 0 saturated heterocycles. The molecule has 5 fully saturated rings. The molecule has 2 N–H and O–H groups in total. The van der Waals surface area contributed by atoms with Gasteiger partial charge >= 0.3 is 0 Å². The Morgan fingerprint density at radius 3 is 2.25 bits per heavy atom. The molecule has 5 nitrogen and oxygen atoms in total. The van der Waals surface area contributed by atoms with Gasteiger partial charge in [0.05, 0.1) is 22.4 Å². The normalized spacial score (nSPS) is 28.9. The van der Waals surface area contributed by atoms with Crippen LogP contribution in [0.5, 0.6) is 0 Å². The molecule has 0 amide bonds. The largest absolute Gasteiger partial charge is 0.353 e. The minimum atomic E-state index is 0.415. The van der Waals surface area contributed by atoms with E-state index in [4.69, 9.17) is 33.3 Å².